The molecule has 2 aliphatic rings. The van der Waals surface area contributed by atoms with E-state index in [0.717, 1.165) is 56.2 Å². The molecule has 1 saturated carbocycles. The molecule has 1 aromatic rings. The van der Waals surface area contributed by atoms with Crippen molar-refractivity contribution in [2.45, 2.75) is 90.6 Å². The zero-order valence-corrected chi connectivity index (χ0v) is 18.7. The number of fused-ring (bicyclic) bond motifs is 1. The number of nitrogens with zero attached hydrogens (tertiary/aromatic N) is 1. The summed E-state index contributed by atoms with van der Waals surface area (Å²) in [4.78, 5) is 38.6. The normalized spacial score (nSPS) is 18.4. The van der Waals surface area contributed by atoms with E-state index in [9.17, 15) is 14.4 Å². The zero-order chi connectivity index (χ0) is 21.7. The molecule has 6 heteroatoms. The van der Waals surface area contributed by atoms with Crippen molar-refractivity contribution in [3.05, 3.63) is 33.2 Å². The number of nitrogens with one attached hydrogen (secondary N) is 1. The number of ether oxygens (including phenoxy) is 1. The highest BCUT2D eigenvalue weighted by atomic mass is 16.5. The van der Waals surface area contributed by atoms with Crippen molar-refractivity contribution in [3.63, 3.8) is 0 Å². The number of pyridine rings is 1. The summed E-state index contributed by atoms with van der Waals surface area (Å²) in [6.45, 7) is 4.40. The van der Waals surface area contributed by atoms with Gasteiger partial charge in [0.05, 0.1) is 7.11 Å². The lowest BCUT2D eigenvalue weighted by Crippen LogP contribution is -2.47. The molecule has 30 heavy (non-hydrogen) atoms. The molecule has 6 nitrogen and oxygen atoms in total. The van der Waals surface area contributed by atoms with E-state index in [4.69, 9.17) is 4.74 Å². The van der Waals surface area contributed by atoms with Gasteiger partial charge in [-0.3, -0.25) is 9.59 Å². The molecule has 1 fully saturated rings. The number of amides is 1. The van der Waals surface area contributed by atoms with Gasteiger partial charge in [-0.15, -0.1) is 0 Å². The third-order valence-corrected chi connectivity index (χ3v) is 6.67. The fourth-order valence-electron chi connectivity index (χ4n) is 4.88. The molecule has 0 spiro atoms. The first-order chi connectivity index (χ1) is 14.4. The Balaban J connectivity index is 1.96. The molecule has 3 rings (SSSR count). The quantitative estimate of drug-likeness (QED) is 0.567. The summed E-state index contributed by atoms with van der Waals surface area (Å²) < 4.78 is 6.73. The fourth-order valence-corrected chi connectivity index (χ4v) is 4.88. The summed E-state index contributed by atoms with van der Waals surface area (Å²) in [6.07, 6.45) is 11.1. The molecule has 166 valence electrons. The Hall–Kier alpha value is -2.11. The number of carbonyl (C=O) groups excluding carboxylic acids is 2. The van der Waals surface area contributed by atoms with Crippen LogP contribution >= 0.6 is 0 Å². The first-order valence-electron chi connectivity index (χ1n) is 11.6. The van der Waals surface area contributed by atoms with E-state index in [1.54, 1.807) is 6.07 Å². The maximum atomic E-state index is 13.4. The lowest BCUT2D eigenvalue weighted by molar-refractivity contribution is -0.144. The van der Waals surface area contributed by atoms with Gasteiger partial charge in [-0.05, 0) is 62.0 Å². The number of aryl methyl sites for hydroxylation is 1. The van der Waals surface area contributed by atoms with E-state index < -0.39 is 17.9 Å². The molecule has 0 saturated heterocycles. The monoisotopic (exact) mass is 416 g/mol. The highest BCUT2D eigenvalue weighted by Gasteiger charge is 2.28. The van der Waals surface area contributed by atoms with Crippen LogP contribution in [0.3, 0.4) is 0 Å². The number of esters is 1. The minimum atomic E-state index is -0.771. The maximum Gasteiger partial charge on any atom is 0.328 e. The minimum absolute atomic E-state index is 0.133. The highest BCUT2D eigenvalue weighted by molar-refractivity contribution is 5.96. The lowest BCUT2D eigenvalue weighted by atomic mass is 9.89. The number of methoxy groups -OCH3 is 1. The van der Waals surface area contributed by atoms with Crippen LogP contribution in [0, 0.1) is 11.8 Å². The van der Waals surface area contributed by atoms with Gasteiger partial charge in [0, 0.05) is 12.2 Å². The van der Waals surface area contributed by atoms with Crippen LogP contribution in [0.2, 0.25) is 0 Å². The summed E-state index contributed by atoms with van der Waals surface area (Å²) in [5.74, 6) is -0.600. The van der Waals surface area contributed by atoms with E-state index in [2.05, 4.69) is 5.32 Å². The van der Waals surface area contributed by atoms with Crippen molar-refractivity contribution in [2.75, 3.05) is 7.11 Å². The molecule has 1 amide bonds. The van der Waals surface area contributed by atoms with Crippen molar-refractivity contribution >= 4 is 11.9 Å². The van der Waals surface area contributed by atoms with Crippen LogP contribution in [0.1, 0.15) is 86.8 Å². The van der Waals surface area contributed by atoms with Gasteiger partial charge in [0.1, 0.15) is 11.6 Å². The highest BCUT2D eigenvalue weighted by Crippen LogP contribution is 2.27. The van der Waals surface area contributed by atoms with Crippen molar-refractivity contribution in [3.8, 4) is 0 Å². The average molecular weight is 417 g/mol. The van der Waals surface area contributed by atoms with Gasteiger partial charge in [0.2, 0.25) is 0 Å². The summed E-state index contributed by atoms with van der Waals surface area (Å²) >= 11 is 0. The lowest BCUT2D eigenvalue weighted by Gasteiger charge is -2.26. The van der Waals surface area contributed by atoms with Gasteiger partial charge in [-0.25, -0.2) is 4.79 Å². The topological polar surface area (TPSA) is 77.4 Å². The second-order valence-corrected chi connectivity index (χ2v) is 9.23. The summed E-state index contributed by atoms with van der Waals surface area (Å²) in [5.41, 5.74) is 2.17. The van der Waals surface area contributed by atoms with Crippen molar-refractivity contribution < 1.29 is 14.3 Å². The Morgan fingerprint density at radius 1 is 1.10 bits per heavy atom. The number of carbonyl (C=O) groups is 2. The maximum absolute atomic E-state index is 13.4. The third-order valence-electron chi connectivity index (χ3n) is 6.67. The second kappa shape index (κ2) is 10.3. The van der Waals surface area contributed by atoms with Gasteiger partial charge >= 0.3 is 5.97 Å². The van der Waals surface area contributed by atoms with Crippen molar-refractivity contribution in [2.24, 2.45) is 11.8 Å². The van der Waals surface area contributed by atoms with E-state index in [1.165, 1.54) is 26.4 Å². The Morgan fingerprint density at radius 3 is 2.43 bits per heavy atom. The van der Waals surface area contributed by atoms with Gasteiger partial charge in [0.25, 0.3) is 11.5 Å². The van der Waals surface area contributed by atoms with Crippen LogP contribution in [-0.2, 0) is 28.9 Å². The molecule has 0 bridgehead atoms. The van der Waals surface area contributed by atoms with Gasteiger partial charge in [-0.1, -0.05) is 39.5 Å². The Labute approximate surface area is 179 Å². The largest absolute Gasteiger partial charge is 0.467 e. The fraction of sp³-hybridized carbons (Fsp3) is 0.708. The molecule has 2 aliphatic carbocycles. The standard InChI is InChI=1S/C24H36N2O4/c1-16(2)21(24(29)30-3)25-22(27)19-14-18-12-8-5-9-13-20(18)26(23(19)28)15-17-10-6-4-7-11-17/h14,16-17,21H,4-13,15H2,1-3H3,(H,25,27)/t21-/m0/s1. The molecular formula is C24H36N2O4. The number of hydrogen-bond acceptors (Lipinski definition) is 4. The second-order valence-electron chi connectivity index (χ2n) is 9.23. The molecule has 1 N–H and O–H groups in total. The molecule has 1 atom stereocenters. The summed E-state index contributed by atoms with van der Waals surface area (Å²) in [7, 11) is 1.31. The van der Waals surface area contributed by atoms with Gasteiger partial charge < -0.3 is 14.6 Å². The van der Waals surface area contributed by atoms with Crippen molar-refractivity contribution in [1.82, 2.24) is 9.88 Å². The minimum Gasteiger partial charge on any atom is -0.467 e. The van der Waals surface area contributed by atoms with Crippen LogP contribution in [0.15, 0.2) is 10.9 Å². The van der Waals surface area contributed by atoms with Gasteiger partial charge in [-0.2, -0.15) is 0 Å². The van der Waals surface area contributed by atoms with Crippen LogP contribution < -0.4 is 10.9 Å². The van der Waals surface area contributed by atoms with E-state index in [1.807, 2.05) is 18.4 Å². The van der Waals surface area contributed by atoms with E-state index in [0.29, 0.717) is 12.5 Å². The molecule has 1 aromatic heterocycles. The van der Waals surface area contributed by atoms with Crippen molar-refractivity contribution in [1.29, 1.82) is 0 Å². The number of hydrogen-bond donors (Lipinski definition) is 1. The van der Waals surface area contributed by atoms with Crippen LogP contribution in [0.25, 0.3) is 0 Å². The number of aromatic nitrogens is 1. The van der Waals surface area contributed by atoms with Gasteiger partial charge in [0.15, 0.2) is 0 Å². The molecule has 0 unspecified atom stereocenters. The van der Waals surface area contributed by atoms with Crippen LogP contribution in [0.4, 0.5) is 0 Å². The SMILES string of the molecule is COC(=O)[C@@H](NC(=O)c1cc2c(n(CC3CCCCC3)c1=O)CCCCC2)C(C)C. The summed E-state index contributed by atoms with van der Waals surface area (Å²) in [6, 6.07) is 1.01. The Kier molecular flexibility index (Phi) is 7.73. The predicted octanol–water partition coefficient (Wildman–Crippen LogP) is 3.62. The molecule has 0 aliphatic heterocycles. The number of rotatable bonds is 6. The molecule has 1 heterocycles. The molecular weight excluding hydrogens is 380 g/mol. The Morgan fingerprint density at radius 2 is 1.77 bits per heavy atom. The van der Waals surface area contributed by atoms with Crippen LogP contribution in [-0.4, -0.2) is 29.6 Å². The molecule has 0 radical (unpaired) electrons. The van der Waals surface area contributed by atoms with Crippen LogP contribution in [0.5, 0.6) is 0 Å². The average Bonchev–Trinajstić information content (AvgIpc) is 2.99. The van der Waals surface area contributed by atoms with E-state index in [-0.39, 0.29) is 17.0 Å². The summed E-state index contributed by atoms with van der Waals surface area (Å²) in [5, 5.41) is 2.75. The zero-order valence-electron chi connectivity index (χ0n) is 18.7. The Bertz CT molecular complexity index is 821. The third kappa shape index (κ3) is 5.13. The van der Waals surface area contributed by atoms with E-state index >= 15 is 0 Å². The first kappa shape index (κ1) is 22.6. The first-order valence-corrected chi connectivity index (χ1v) is 11.6. The predicted molar refractivity (Wildman–Crippen MR) is 117 cm³/mol. The molecule has 0 aromatic carbocycles. The smallest absolute Gasteiger partial charge is 0.328 e.